The van der Waals surface area contributed by atoms with E-state index in [2.05, 4.69) is 16.9 Å². The SMILES string of the molecule is Cc1cc(=O)c(C(=O)N2CCC3C(CCCN3C)C2)c[nH]1. The number of rotatable bonds is 1. The van der Waals surface area contributed by atoms with Crippen molar-refractivity contribution in [2.75, 3.05) is 26.7 Å². The van der Waals surface area contributed by atoms with Crippen LogP contribution in [0, 0.1) is 12.8 Å². The third-order valence-electron chi connectivity index (χ3n) is 4.92. The molecule has 0 radical (unpaired) electrons. The second-order valence-electron chi connectivity index (χ2n) is 6.38. The van der Waals surface area contributed by atoms with Gasteiger partial charge in [-0.25, -0.2) is 0 Å². The van der Waals surface area contributed by atoms with E-state index in [-0.39, 0.29) is 16.9 Å². The lowest BCUT2D eigenvalue weighted by molar-refractivity contribution is 0.0316. The number of aryl methyl sites for hydroxylation is 1. The molecule has 21 heavy (non-hydrogen) atoms. The predicted octanol–water partition coefficient (Wildman–Crippen LogP) is 1.24. The summed E-state index contributed by atoms with van der Waals surface area (Å²) in [6.45, 7) is 4.50. The molecule has 2 atom stereocenters. The van der Waals surface area contributed by atoms with Gasteiger partial charge in [0.05, 0.1) is 0 Å². The van der Waals surface area contributed by atoms with E-state index >= 15 is 0 Å². The van der Waals surface area contributed by atoms with Crippen molar-refractivity contribution >= 4 is 5.91 Å². The first kappa shape index (κ1) is 14.3. The Morgan fingerprint density at radius 3 is 2.90 bits per heavy atom. The first-order chi connectivity index (χ1) is 10.1. The highest BCUT2D eigenvalue weighted by atomic mass is 16.2. The van der Waals surface area contributed by atoms with Gasteiger partial charge in [-0.2, -0.15) is 0 Å². The lowest BCUT2D eigenvalue weighted by Gasteiger charge is -2.45. The van der Waals surface area contributed by atoms with Gasteiger partial charge >= 0.3 is 0 Å². The molecule has 0 spiro atoms. The Kier molecular flexibility index (Phi) is 3.85. The van der Waals surface area contributed by atoms with E-state index in [0.29, 0.717) is 12.0 Å². The Balaban J connectivity index is 1.76. The normalized spacial score (nSPS) is 26.5. The summed E-state index contributed by atoms with van der Waals surface area (Å²) in [7, 11) is 2.18. The summed E-state index contributed by atoms with van der Waals surface area (Å²) in [6, 6.07) is 2.09. The Labute approximate surface area is 124 Å². The summed E-state index contributed by atoms with van der Waals surface area (Å²) in [5, 5.41) is 0. The minimum absolute atomic E-state index is 0.122. The van der Waals surface area contributed by atoms with Crippen molar-refractivity contribution in [3.05, 3.63) is 33.7 Å². The third-order valence-corrected chi connectivity index (χ3v) is 4.92. The number of hydrogen-bond acceptors (Lipinski definition) is 3. The molecule has 5 nitrogen and oxygen atoms in total. The highest BCUT2D eigenvalue weighted by Gasteiger charge is 2.36. The Morgan fingerprint density at radius 1 is 1.33 bits per heavy atom. The summed E-state index contributed by atoms with van der Waals surface area (Å²) >= 11 is 0. The van der Waals surface area contributed by atoms with Crippen LogP contribution in [0.2, 0.25) is 0 Å². The van der Waals surface area contributed by atoms with Crippen LogP contribution >= 0.6 is 0 Å². The molecular weight excluding hydrogens is 266 g/mol. The largest absolute Gasteiger partial charge is 0.364 e. The fraction of sp³-hybridized carbons (Fsp3) is 0.625. The lowest BCUT2D eigenvalue weighted by Crippen LogP contribution is -2.54. The second-order valence-corrected chi connectivity index (χ2v) is 6.38. The standard InChI is InChI=1S/C16H23N3O2/c1-11-8-15(20)13(9-17-11)16(21)19-7-5-14-12(10-19)4-3-6-18(14)2/h8-9,12,14H,3-7,10H2,1-2H3,(H,17,20). The number of piperidine rings is 2. The van der Waals surface area contributed by atoms with Gasteiger partial charge in [-0.15, -0.1) is 0 Å². The summed E-state index contributed by atoms with van der Waals surface area (Å²) < 4.78 is 0. The van der Waals surface area contributed by atoms with Crippen molar-refractivity contribution in [1.82, 2.24) is 14.8 Å². The molecule has 2 unspecified atom stereocenters. The topological polar surface area (TPSA) is 56.4 Å². The number of pyridine rings is 1. The monoisotopic (exact) mass is 289 g/mol. The van der Waals surface area contributed by atoms with E-state index in [9.17, 15) is 9.59 Å². The molecule has 1 aromatic heterocycles. The molecule has 1 amide bonds. The minimum Gasteiger partial charge on any atom is -0.364 e. The van der Waals surface area contributed by atoms with E-state index in [0.717, 1.165) is 31.7 Å². The summed E-state index contributed by atoms with van der Waals surface area (Å²) in [5.41, 5.74) is 0.867. The van der Waals surface area contributed by atoms with Gasteiger partial charge in [-0.3, -0.25) is 9.59 Å². The van der Waals surface area contributed by atoms with E-state index in [1.165, 1.54) is 18.9 Å². The highest BCUT2D eigenvalue weighted by Crippen LogP contribution is 2.29. The van der Waals surface area contributed by atoms with Gasteiger partial charge in [0.2, 0.25) is 0 Å². The zero-order chi connectivity index (χ0) is 15.0. The van der Waals surface area contributed by atoms with E-state index < -0.39 is 0 Å². The van der Waals surface area contributed by atoms with E-state index in [1.54, 1.807) is 6.20 Å². The maximum absolute atomic E-state index is 12.6. The molecular formula is C16H23N3O2. The number of amides is 1. The maximum atomic E-state index is 12.6. The smallest absolute Gasteiger partial charge is 0.259 e. The fourth-order valence-electron chi connectivity index (χ4n) is 3.75. The number of nitrogens with zero attached hydrogens (tertiary/aromatic N) is 2. The van der Waals surface area contributed by atoms with Gasteiger partial charge in [-0.05, 0) is 45.7 Å². The first-order valence-corrected chi connectivity index (χ1v) is 7.75. The van der Waals surface area contributed by atoms with E-state index in [1.807, 2.05) is 11.8 Å². The first-order valence-electron chi connectivity index (χ1n) is 7.75. The number of aromatic nitrogens is 1. The second kappa shape index (κ2) is 5.64. The van der Waals surface area contributed by atoms with Crippen LogP contribution < -0.4 is 5.43 Å². The highest BCUT2D eigenvalue weighted by molar-refractivity contribution is 5.93. The van der Waals surface area contributed by atoms with Crippen molar-refractivity contribution in [2.45, 2.75) is 32.2 Å². The van der Waals surface area contributed by atoms with Gasteiger partial charge in [-0.1, -0.05) is 0 Å². The van der Waals surface area contributed by atoms with Gasteiger partial charge in [0.1, 0.15) is 5.56 Å². The van der Waals surface area contributed by atoms with Crippen LogP contribution in [0.5, 0.6) is 0 Å². The number of likely N-dealkylation sites (tertiary alicyclic amines) is 2. The molecule has 2 aliphatic rings. The van der Waals surface area contributed by atoms with Crippen molar-refractivity contribution in [3.63, 3.8) is 0 Å². The molecule has 0 aromatic carbocycles. The van der Waals surface area contributed by atoms with Gasteiger partial charge < -0.3 is 14.8 Å². The molecule has 2 fully saturated rings. The fourth-order valence-corrected chi connectivity index (χ4v) is 3.75. The molecule has 2 saturated heterocycles. The average molecular weight is 289 g/mol. The Morgan fingerprint density at radius 2 is 2.14 bits per heavy atom. The minimum atomic E-state index is -0.181. The zero-order valence-corrected chi connectivity index (χ0v) is 12.8. The molecule has 1 N–H and O–H groups in total. The molecule has 1 aromatic rings. The van der Waals surface area contributed by atoms with Crippen LogP contribution in [0.4, 0.5) is 0 Å². The van der Waals surface area contributed by atoms with Crippen molar-refractivity contribution < 1.29 is 4.79 Å². The van der Waals surface area contributed by atoms with Crippen LogP contribution in [-0.2, 0) is 0 Å². The van der Waals surface area contributed by atoms with Crippen LogP contribution in [0.25, 0.3) is 0 Å². The molecule has 0 aliphatic carbocycles. The number of carbonyl (C=O) groups excluding carboxylic acids is 1. The average Bonchev–Trinajstić information content (AvgIpc) is 2.46. The van der Waals surface area contributed by atoms with Gasteiger partial charge in [0.25, 0.3) is 5.91 Å². The Hall–Kier alpha value is -1.62. The maximum Gasteiger partial charge on any atom is 0.259 e. The molecule has 2 aliphatic heterocycles. The van der Waals surface area contributed by atoms with Crippen molar-refractivity contribution in [2.24, 2.45) is 5.92 Å². The molecule has 0 saturated carbocycles. The Bertz CT molecular complexity index is 595. The van der Waals surface area contributed by atoms with Crippen LogP contribution in [0.3, 0.4) is 0 Å². The lowest BCUT2D eigenvalue weighted by atomic mass is 9.84. The summed E-state index contributed by atoms with van der Waals surface area (Å²) in [4.78, 5) is 31.8. The number of H-pyrrole nitrogens is 1. The van der Waals surface area contributed by atoms with Crippen molar-refractivity contribution in [1.29, 1.82) is 0 Å². The van der Waals surface area contributed by atoms with Crippen molar-refractivity contribution in [3.8, 4) is 0 Å². The molecule has 3 heterocycles. The third kappa shape index (κ3) is 2.75. The molecule has 0 bridgehead atoms. The van der Waals surface area contributed by atoms with Crippen LogP contribution in [-0.4, -0.2) is 53.4 Å². The number of fused-ring (bicyclic) bond motifs is 1. The number of nitrogens with one attached hydrogen (secondary N) is 1. The van der Waals surface area contributed by atoms with Gasteiger partial charge in [0, 0.05) is 37.1 Å². The number of carbonyl (C=O) groups is 1. The zero-order valence-electron chi connectivity index (χ0n) is 12.8. The number of aromatic amines is 1. The predicted molar refractivity (Wildman–Crippen MR) is 81.5 cm³/mol. The van der Waals surface area contributed by atoms with Crippen LogP contribution in [0.15, 0.2) is 17.1 Å². The van der Waals surface area contributed by atoms with Gasteiger partial charge in [0.15, 0.2) is 5.43 Å². The molecule has 114 valence electrons. The summed E-state index contributed by atoms with van der Waals surface area (Å²) in [5.74, 6) is 0.425. The summed E-state index contributed by atoms with van der Waals surface area (Å²) in [6.07, 6.45) is 4.95. The number of hydrogen-bond donors (Lipinski definition) is 1. The molecule has 5 heteroatoms. The molecule has 3 rings (SSSR count). The van der Waals surface area contributed by atoms with Crippen LogP contribution in [0.1, 0.15) is 35.3 Å². The quantitative estimate of drug-likeness (QED) is 0.846. The van der Waals surface area contributed by atoms with E-state index in [4.69, 9.17) is 0 Å².